The smallest absolute Gasteiger partial charge is 0.260 e. The molecule has 1 heterocycles. The number of rotatable bonds is 9. The van der Waals surface area contributed by atoms with E-state index in [1.54, 1.807) is 30.3 Å². The Labute approximate surface area is 241 Å². The first-order chi connectivity index (χ1) is 20.1. The number of benzene rings is 4. The van der Waals surface area contributed by atoms with Crippen LogP contribution in [0.1, 0.15) is 40.7 Å². The summed E-state index contributed by atoms with van der Waals surface area (Å²) in [5.74, 6) is 0.849. The summed E-state index contributed by atoms with van der Waals surface area (Å²) < 4.78 is 6.06. The fourth-order valence-electron chi connectivity index (χ4n) is 5.19. The lowest BCUT2D eigenvalue weighted by atomic mass is 9.90. The van der Waals surface area contributed by atoms with E-state index >= 15 is 0 Å². The van der Waals surface area contributed by atoms with Gasteiger partial charge in [0.25, 0.3) is 11.8 Å². The number of hydrogen-bond acceptors (Lipinski definition) is 4. The Bertz CT molecular complexity index is 1500. The monoisotopic (exact) mass is 543 g/mol. The van der Waals surface area contributed by atoms with E-state index < -0.39 is 0 Å². The molecule has 1 aliphatic rings. The predicted octanol–water partition coefficient (Wildman–Crippen LogP) is 6.73. The zero-order valence-corrected chi connectivity index (χ0v) is 23.0. The molecule has 0 atom stereocenters. The standard InChI is InChI=1S/C35H33N3O3/c36-24-28-13-15-29(16-14-28)32-23-30(35(40)37-31-9-5-2-6-10-31)17-18-33(32)41-25-34(39)38-21-19-27(20-22-38)12-11-26-7-3-1-4-8-26/h1-10,13-18,23,27H,11-12,19-22,25H2,(H,37,40). The van der Waals surface area contributed by atoms with Crippen molar-refractivity contribution in [3.8, 4) is 22.9 Å². The first-order valence-electron chi connectivity index (χ1n) is 14.0. The predicted molar refractivity (Wildman–Crippen MR) is 161 cm³/mol. The van der Waals surface area contributed by atoms with Crippen molar-refractivity contribution in [2.45, 2.75) is 25.7 Å². The number of ether oxygens (including phenoxy) is 1. The first-order valence-corrected chi connectivity index (χ1v) is 14.0. The minimum absolute atomic E-state index is 0.0387. The van der Waals surface area contributed by atoms with Crippen LogP contribution in [0.3, 0.4) is 0 Å². The minimum Gasteiger partial charge on any atom is -0.483 e. The lowest BCUT2D eigenvalue weighted by Gasteiger charge is -2.32. The van der Waals surface area contributed by atoms with Crippen LogP contribution in [-0.2, 0) is 11.2 Å². The number of amides is 2. The van der Waals surface area contributed by atoms with Crippen LogP contribution < -0.4 is 10.1 Å². The van der Waals surface area contributed by atoms with Gasteiger partial charge in [0, 0.05) is 29.9 Å². The van der Waals surface area contributed by atoms with Gasteiger partial charge in [-0.1, -0.05) is 60.7 Å². The van der Waals surface area contributed by atoms with Crippen molar-refractivity contribution in [3.05, 3.63) is 120 Å². The van der Waals surface area contributed by atoms with Gasteiger partial charge in [-0.15, -0.1) is 0 Å². The summed E-state index contributed by atoms with van der Waals surface area (Å²) >= 11 is 0. The molecule has 0 aliphatic carbocycles. The number of nitriles is 1. The third kappa shape index (κ3) is 7.40. The van der Waals surface area contributed by atoms with Gasteiger partial charge in [0.05, 0.1) is 11.6 Å². The van der Waals surface area contributed by atoms with Crippen molar-refractivity contribution in [3.63, 3.8) is 0 Å². The van der Waals surface area contributed by atoms with Crippen LogP contribution in [0.5, 0.6) is 5.75 Å². The van der Waals surface area contributed by atoms with Gasteiger partial charge < -0.3 is 15.0 Å². The molecule has 0 aromatic heterocycles. The molecule has 4 aromatic rings. The second kappa shape index (κ2) is 13.5. The molecule has 206 valence electrons. The number of hydrogen-bond donors (Lipinski definition) is 1. The zero-order chi connectivity index (χ0) is 28.4. The van der Waals surface area contributed by atoms with Gasteiger partial charge >= 0.3 is 0 Å². The molecular weight excluding hydrogens is 510 g/mol. The first kappa shape index (κ1) is 27.7. The van der Waals surface area contributed by atoms with Crippen LogP contribution in [0.25, 0.3) is 11.1 Å². The number of piperidine rings is 1. The van der Waals surface area contributed by atoms with Crippen molar-refractivity contribution < 1.29 is 14.3 Å². The van der Waals surface area contributed by atoms with Crippen molar-refractivity contribution in [2.75, 3.05) is 25.0 Å². The maximum atomic E-state index is 13.1. The Kier molecular flexibility index (Phi) is 9.08. The number of nitrogens with one attached hydrogen (secondary N) is 1. The number of aryl methyl sites for hydroxylation is 1. The maximum absolute atomic E-state index is 13.1. The van der Waals surface area contributed by atoms with Gasteiger partial charge in [0.1, 0.15) is 5.75 Å². The molecule has 0 radical (unpaired) electrons. The Morgan fingerprint density at radius 2 is 1.56 bits per heavy atom. The van der Waals surface area contributed by atoms with Gasteiger partial charge in [-0.3, -0.25) is 9.59 Å². The van der Waals surface area contributed by atoms with Crippen LogP contribution in [0.4, 0.5) is 5.69 Å². The number of carbonyl (C=O) groups is 2. The van der Waals surface area contributed by atoms with Gasteiger partial charge in [0.2, 0.25) is 0 Å². The molecule has 0 spiro atoms. The molecule has 0 saturated carbocycles. The highest BCUT2D eigenvalue weighted by atomic mass is 16.5. The second-order valence-electron chi connectivity index (χ2n) is 10.4. The van der Waals surface area contributed by atoms with Crippen LogP contribution in [-0.4, -0.2) is 36.4 Å². The molecule has 1 saturated heterocycles. The van der Waals surface area contributed by atoms with Crippen LogP contribution in [0.15, 0.2) is 103 Å². The molecule has 6 nitrogen and oxygen atoms in total. The molecule has 6 heteroatoms. The van der Waals surface area contributed by atoms with Crippen LogP contribution >= 0.6 is 0 Å². The molecule has 2 amide bonds. The van der Waals surface area contributed by atoms with Crippen molar-refractivity contribution in [1.29, 1.82) is 5.26 Å². The summed E-state index contributed by atoms with van der Waals surface area (Å²) in [4.78, 5) is 27.9. The van der Waals surface area contributed by atoms with Crippen LogP contribution in [0.2, 0.25) is 0 Å². The Morgan fingerprint density at radius 1 is 0.878 bits per heavy atom. The molecule has 0 unspecified atom stereocenters. The third-order valence-corrected chi connectivity index (χ3v) is 7.60. The summed E-state index contributed by atoms with van der Waals surface area (Å²) in [6.07, 6.45) is 4.21. The summed E-state index contributed by atoms with van der Waals surface area (Å²) in [6.45, 7) is 1.40. The molecule has 1 aliphatic heterocycles. The lowest BCUT2D eigenvalue weighted by Crippen LogP contribution is -2.41. The fraction of sp³-hybridized carbons (Fsp3) is 0.229. The lowest BCUT2D eigenvalue weighted by molar-refractivity contribution is -0.134. The van der Waals surface area contributed by atoms with E-state index in [0.29, 0.717) is 34.0 Å². The summed E-state index contributed by atoms with van der Waals surface area (Å²) in [5, 5.41) is 12.1. The highest BCUT2D eigenvalue weighted by Gasteiger charge is 2.23. The highest BCUT2D eigenvalue weighted by Crippen LogP contribution is 2.32. The topological polar surface area (TPSA) is 82.4 Å². The molecular formula is C35H33N3O3. The molecule has 1 N–H and O–H groups in total. The number of likely N-dealkylation sites (tertiary alicyclic amines) is 1. The van der Waals surface area contributed by atoms with Crippen molar-refractivity contribution >= 4 is 17.5 Å². The molecule has 5 rings (SSSR count). The summed E-state index contributed by atoms with van der Waals surface area (Å²) in [5.41, 5.74) is 4.54. The molecule has 4 aromatic carbocycles. The SMILES string of the molecule is N#Cc1ccc(-c2cc(C(=O)Nc3ccccc3)ccc2OCC(=O)N2CCC(CCc3ccccc3)CC2)cc1. The Hall–Kier alpha value is -4.89. The largest absolute Gasteiger partial charge is 0.483 e. The zero-order valence-electron chi connectivity index (χ0n) is 23.0. The van der Waals surface area contributed by atoms with E-state index in [9.17, 15) is 14.9 Å². The van der Waals surface area contributed by atoms with Crippen molar-refractivity contribution in [1.82, 2.24) is 4.90 Å². The summed E-state index contributed by atoms with van der Waals surface area (Å²) in [7, 11) is 0. The van der Waals surface area contributed by atoms with E-state index in [-0.39, 0.29) is 18.4 Å². The van der Waals surface area contributed by atoms with Gasteiger partial charge in [0.15, 0.2) is 6.61 Å². The highest BCUT2D eigenvalue weighted by molar-refractivity contribution is 6.05. The molecule has 0 bridgehead atoms. The average Bonchev–Trinajstić information content (AvgIpc) is 3.04. The second-order valence-corrected chi connectivity index (χ2v) is 10.4. The van der Waals surface area contributed by atoms with E-state index in [1.807, 2.05) is 53.4 Å². The molecule has 1 fully saturated rings. The fourth-order valence-corrected chi connectivity index (χ4v) is 5.19. The van der Waals surface area contributed by atoms with Crippen molar-refractivity contribution in [2.24, 2.45) is 5.92 Å². The van der Waals surface area contributed by atoms with Gasteiger partial charge in [-0.05, 0) is 85.2 Å². The maximum Gasteiger partial charge on any atom is 0.260 e. The summed E-state index contributed by atoms with van der Waals surface area (Å²) in [6, 6.07) is 34.2. The van der Waals surface area contributed by atoms with E-state index in [2.05, 4.69) is 35.7 Å². The van der Waals surface area contributed by atoms with Gasteiger partial charge in [-0.25, -0.2) is 0 Å². The average molecular weight is 544 g/mol. The molecule has 41 heavy (non-hydrogen) atoms. The van der Waals surface area contributed by atoms with E-state index in [4.69, 9.17) is 4.74 Å². The number of para-hydroxylation sites is 1. The third-order valence-electron chi connectivity index (χ3n) is 7.60. The normalized spacial score (nSPS) is 13.3. The quantitative estimate of drug-likeness (QED) is 0.254. The van der Waals surface area contributed by atoms with E-state index in [0.717, 1.165) is 44.3 Å². The van der Waals surface area contributed by atoms with E-state index in [1.165, 1.54) is 5.56 Å². The van der Waals surface area contributed by atoms with Crippen LogP contribution in [0, 0.1) is 17.2 Å². The number of nitrogens with zero attached hydrogens (tertiary/aromatic N) is 2. The number of anilines is 1. The Morgan fingerprint density at radius 3 is 2.24 bits per heavy atom. The minimum atomic E-state index is -0.246. The van der Waals surface area contributed by atoms with Gasteiger partial charge in [-0.2, -0.15) is 5.26 Å². The number of carbonyl (C=O) groups excluding carboxylic acids is 2. The Balaban J connectivity index is 1.23.